The van der Waals surface area contributed by atoms with Gasteiger partial charge in [-0.1, -0.05) is 6.08 Å². The maximum absolute atomic E-state index is 11.4. The fraction of sp³-hybridized carbons (Fsp3) is 0.467. The number of nitrogens with one attached hydrogen (secondary N) is 1. The molecule has 1 aromatic rings. The van der Waals surface area contributed by atoms with E-state index < -0.39 is 36.1 Å². The number of nitro benzene ring substituents is 1. The molecular formula is C15H20N2O3. The van der Waals surface area contributed by atoms with E-state index in [0.717, 1.165) is 5.57 Å². The number of ether oxygens (including phenoxy) is 1. The first kappa shape index (κ1) is 7.78. The molecule has 1 aliphatic rings. The minimum absolute atomic E-state index is 0.553. The fourth-order valence-corrected chi connectivity index (χ4v) is 2.22. The van der Waals surface area contributed by atoms with Crippen LogP contribution >= 0.6 is 0 Å². The molecule has 0 radical (unpaired) electrons. The zero-order chi connectivity index (χ0) is 20.6. The van der Waals surface area contributed by atoms with Gasteiger partial charge in [0, 0.05) is 20.8 Å². The molecule has 2 rings (SSSR count). The highest BCUT2D eigenvalue weighted by Gasteiger charge is 2.20. The second kappa shape index (κ2) is 6.05. The quantitative estimate of drug-likeness (QED) is 0.681. The van der Waals surface area contributed by atoms with Crippen molar-refractivity contribution in [1.29, 1.82) is 0 Å². The summed E-state index contributed by atoms with van der Waals surface area (Å²) in [5, 5.41) is 14.5. The van der Waals surface area contributed by atoms with E-state index in [0.29, 0.717) is 30.6 Å². The maximum atomic E-state index is 11.4. The van der Waals surface area contributed by atoms with Crippen LogP contribution in [0, 0.1) is 17.0 Å². The van der Waals surface area contributed by atoms with Gasteiger partial charge in [0.15, 0.2) is 5.75 Å². The summed E-state index contributed by atoms with van der Waals surface area (Å²) >= 11 is 0. The molecule has 0 unspecified atom stereocenters. The van der Waals surface area contributed by atoms with Crippen LogP contribution in [0.5, 0.6) is 5.75 Å². The summed E-state index contributed by atoms with van der Waals surface area (Å²) in [5.74, 6) is -0.553. The average Bonchev–Trinajstić information content (AvgIpc) is 2.54. The van der Waals surface area contributed by atoms with Crippen LogP contribution in [0.3, 0.4) is 0 Å². The Bertz CT molecular complexity index is 758. The van der Waals surface area contributed by atoms with Crippen LogP contribution in [0.4, 0.5) is 5.69 Å². The number of hydrogen-bond donors (Lipinski definition) is 1. The van der Waals surface area contributed by atoms with Crippen molar-refractivity contribution in [1.82, 2.24) is 5.32 Å². The number of benzene rings is 1. The molecule has 0 fully saturated rings. The van der Waals surface area contributed by atoms with Gasteiger partial charge < -0.3 is 10.1 Å². The highest BCUT2D eigenvalue weighted by atomic mass is 16.6. The molecule has 0 aromatic heterocycles. The van der Waals surface area contributed by atoms with Gasteiger partial charge in [-0.15, -0.1) is 0 Å². The molecule has 0 saturated carbocycles. The number of hydrogen-bond acceptors (Lipinski definition) is 4. The number of rotatable bonds is 4. The van der Waals surface area contributed by atoms with E-state index in [1.54, 1.807) is 6.92 Å². The van der Waals surface area contributed by atoms with Gasteiger partial charge >= 0.3 is 5.69 Å². The van der Waals surface area contributed by atoms with Crippen molar-refractivity contribution in [3.63, 3.8) is 0 Å². The van der Waals surface area contributed by atoms with Gasteiger partial charge in [-0.2, -0.15) is 0 Å². The summed E-state index contributed by atoms with van der Waals surface area (Å²) in [5.41, 5.74) is 1.45. The molecule has 0 bridgehead atoms. The zero-order valence-corrected chi connectivity index (χ0v) is 11.0. The van der Waals surface area contributed by atoms with Crippen LogP contribution in [0.1, 0.15) is 40.8 Å². The lowest BCUT2D eigenvalue weighted by Crippen LogP contribution is -2.20. The average molecular weight is 283 g/mol. The van der Waals surface area contributed by atoms with Crippen LogP contribution in [-0.4, -0.2) is 24.1 Å². The van der Waals surface area contributed by atoms with Crippen molar-refractivity contribution in [2.24, 2.45) is 0 Å². The minimum Gasteiger partial charge on any atom is -0.484 e. The van der Waals surface area contributed by atoms with Gasteiger partial charge in [-0.05, 0) is 56.4 Å². The Labute approximate surface area is 128 Å². The lowest BCUT2D eigenvalue weighted by molar-refractivity contribution is -0.386. The Hall–Kier alpha value is -1.88. The van der Waals surface area contributed by atoms with Gasteiger partial charge in [0.25, 0.3) is 0 Å². The van der Waals surface area contributed by atoms with E-state index in [4.69, 9.17) is 14.3 Å². The summed E-state index contributed by atoms with van der Waals surface area (Å²) < 4.78 is 57.6. The van der Waals surface area contributed by atoms with E-state index >= 15 is 0 Å². The fourth-order valence-electron chi connectivity index (χ4n) is 2.22. The summed E-state index contributed by atoms with van der Waals surface area (Å²) in [6.07, 6.45) is -0.814. The molecular weight excluding hydrogens is 256 g/mol. The predicted octanol–water partition coefficient (Wildman–Crippen LogP) is 3.07. The smallest absolute Gasteiger partial charge is 0.311 e. The molecule has 0 atom stereocenters. The maximum Gasteiger partial charge on any atom is 0.311 e. The molecule has 0 spiro atoms. The number of nitrogens with zero attached hydrogens (tertiary/aromatic N) is 1. The molecule has 0 amide bonds. The van der Waals surface area contributed by atoms with Crippen LogP contribution in [0.2, 0.25) is 0 Å². The molecule has 5 heteroatoms. The second-order valence-corrected chi connectivity index (χ2v) is 4.51. The largest absolute Gasteiger partial charge is 0.484 e. The van der Waals surface area contributed by atoms with Crippen LogP contribution in [-0.2, 0) is 0 Å². The summed E-state index contributed by atoms with van der Waals surface area (Å²) in [6, 6.07) is 2.46. The number of nitro groups is 1. The van der Waals surface area contributed by atoms with Gasteiger partial charge in [0.2, 0.25) is 0 Å². The van der Waals surface area contributed by atoms with E-state index in [-0.39, 0.29) is 0 Å². The molecule has 5 nitrogen and oxygen atoms in total. The van der Waals surface area contributed by atoms with Crippen molar-refractivity contribution in [2.45, 2.75) is 33.1 Å². The lowest BCUT2D eigenvalue weighted by Gasteiger charge is -2.18. The molecule has 0 aliphatic carbocycles. The van der Waals surface area contributed by atoms with E-state index in [2.05, 4.69) is 5.32 Å². The SMILES string of the molecule is [2H]C([2H])([2H])C([2H])(Oc1cc(C2=CCNCC2)c(C)cc1[N+](=O)[O-])C([2H])([2H])[2H]. The van der Waals surface area contributed by atoms with E-state index in [1.807, 2.05) is 6.08 Å². The van der Waals surface area contributed by atoms with E-state index in [1.165, 1.54) is 12.1 Å². The Kier molecular flexibility index (Phi) is 2.35. The Morgan fingerprint density at radius 2 is 2.35 bits per heavy atom. The molecule has 20 heavy (non-hydrogen) atoms. The van der Waals surface area contributed by atoms with Crippen LogP contribution < -0.4 is 10.1 Å². The van der Waals surface area contributed by atoms with Gasteiger partial charge in [0.1, 0.15) is 0 Å². The third kappa shape index (κ3) is 3.17. The normalized spacial score (nSPS) is 22.1. The second-order valence-electron chi connectivity index (χ2n) is 4.51. The monoisotopic (exact) mass is 283 g/mol. The van der Waals surface area contributed by atoms with Crippen LogP contribution in [0.15, 0.2) is 18.2 Å². The first-order chi connectivity index (χ1) is 12.3. The van der Waals surface area contributed by atoms with Gasteiger partial charge in [0.05, 0.1) is 12.4 Å². The van der Waals surface area contributed by atoms with Crippen molar-refractivity contribution in [3.8, 4) is 5.75 Å². The standard InChI is InChI=1S/C15H20N2O3/c1-10(2)20-15-9-13(12-4-6-16-7-5-12)11(3)8-14(15)17(18)19/h4,8-10,16H,5-7H2,1-3H3/i1D3,2D3,10D. The van der Waals surface area contributed by atoms with Gasteiger partial charge in [-0.3, -0.25) is 10.1 Å². The molecule has 1 N–H and O–H groups in total. The summed E-state index contributed by atoms with van der Waals surface area (Å²) in [7, 11) is 0. The lowest BCUT2D eigenvalue weighted by atomic mass is 9.95. The molecule has 0 saturated heterocycles. The molecule has 1 aromatic carbocycles. The Balaban J connectivity index is 2.63. The topological polar surface area (TPSA) is 64.4 Å². The minimum atomic E-state index is -3.36. The van der Waals surface area contributed by atoms with Crippen molar-refractivity contribution >= 4 is 11.3 Å². The zero-order valence-electron chi connectivity index (χ0n) is 18.0. The van der Waals surface area contributed by atoms with E-state index in [9.17, 15) is 10.1 Å². The summed E-state index contributed by atoms with van der Waals surface area (Å²) in [6.45, 7) is -3.74. The van der Waals surface area contributed by atoms with Crippen molar-refractivity contribution < 1.29 is 19.3 Å². The molecule has 1 heterocycles. The van der Waals surface area contributed by atoms with Crippen molar-refractivity contribution in [2.75, 3.05) is 13.1 Å². The van der Waals surface area contributed by atoms with Gasteiger partial charge in [-0.25, -0.2) is 0 Å². The summed E-state index contributed by atoms with van der Waals surface area (Å²) in [4.78, 5) is 10.6. The van der Waals surface area contributed by atoms with Crippen LogP contribution in [0.25, 0.3) is 5.57 Å². The molecule has 108 valence electrons. The predicted molar refractivity (Wildman–Crippen MR) is 79.1 cm³/mol. The highest BCUT2D eigenvalue weighted by Crippen LogP contribution is 2.35. The first-order valence-electron chi connectivity index (χ1n) is 9.66. The van der Waals surface area contributed by atoms with Crippen molar-refractivity contribution in [3.05, 3.63) is 39.4 Å². The molecule has 1 aliphatic heterocycles. The Morgan fingerprint density at radius 1 is 1.55 bits per heavy atom. The third-order valence-electron chi connectivity index (χ3n) is 3.12. The first-order valence-corrected chi connectivity index (χ1v) is 6.16. The number of aryl methyl sites for hydroxylation is 1. The third-order valence-corrected chi connectivity index (χ3v) is 3.12. The highest BCUT2D eigenvalue weighted by molar-refractivity contribution is 5.72. The Morgan fingerprint density at radius 3 is 2.95 bits per heavy atom.